The Bertz CT molecular complexity index is 732. The Hall–Kier alpha value is -2.40. The summed E-state index contributed by atoms with van der Waals surface area (Å²) >= 11 is 0. The maximum atomic E-state index is 4.31. The third kappa shape index (κ3) is 3.05. The minimum Gasteiger partial charge on any atom is -0.347 e. The maximum absolute atomic E-state index is 4.31. The van der Waals surface area contributed by atoms with E-state index in [9.17, 15) is 0 Å². The van der Waals surface area contributed by atoms with Crippen LogP contribution in [0.15, 0.2) is 49.1 Å². The summed E-state index contributed by atoms with van der Waals surface area (Å²) in [5.74, 6) is 0.504. The molecule has 0 unspecified atom stereocenters. The molecule has 4 rings (SSSR count). The first kappa shape index (κ1) is 14.2. The van der Waals surface area contributed by atoms with Crippen molar-refractivity contribution >= 4 is 0 Å². The van der Waals surface area contributed by atoms with Crippen molar-refractivity contribution in [2.24, 2.45) is 0 Å². The lowest BCUT2D eigenvalue weighted by Crippen LogP contribution is -2.34. The Kier molecular flexibility index (Phi) is 3.94. The number of piperidine rings is 1. The van der Waals surface area contributed by atoms with Crippen LogP contribution in [-0.2, 0) is 6.54 Å². The first-order chi connectivity index (χ1) is 11.4. The van der Waals surface area contributed by atoms with Gasteiger partial charge in [0, 0.05) is 42.2 Å². The van der Waals surface area contributed by atoms with Gasteiger partial charge in [0.1, 0.15) is 0 Å². The Labute approximate surface area is 135 Å². The van der Waals surface area contributed by atoms with Crippen molar-refractivity contribution in [3.05, 3.63) is 60.4 Å². The van der Waals surface area contributed by atoms with Crippen molar-refractivity contribution in [3.8, 4) is 11.1 Å². The number of aromatic nitrogens is 4. The van der Waals surface area contributed by atoms with Crippen LogP contribution in [-0.4, -0.2) is 38.2 Å². The number of nitrogens with zero attached hydrogens (tertiary/aromatic N) is 3. The molecular weight excluding hydrogens is 286 g/mol. The fourth-order valence-electron chi connectivity index (χ4n) is 3.50. The normalized spacial score (nSPS) is 19.0. The summed E-state index contributed by atoms with van der Waals surface area (Å²) in [5, 5.41) is 7.57. The third-order valence-electron chi connectivity index (χ3n) is 4.62. The fraction of sp³-hybridized carbons (Fsp3) is 0.333. The third-order valence-corrected chi connectivity index (χ3v) is 4.62. The van der Waals surface area contributed by atoms with E-state index in [2.05, 4.69) is 55.4 Å². The second-order valence-electron chi connectivity index (χ2n) is 6.21. The molecule has 0 radical (unpaired) electrons. The number of aromatic amines is 2. The van der Waals surface area contributed by atoms with E-state index in [-0.39, 0.29) is 0 Å². The summed E-state index contributed by atoms with van der Waals surface area (Å²) in [7, 11) is 0. The number of hydrogen-bond donors (Lipinski definition) is 2. The molecular formula is C18H21N5. The van der Waals surface area contributed by atoms with Gasteiger partial charge in [-0.3, -0.25) is 10.00 Å². The number of benzene rings is 1. The van der Waals surface area contributed by atoms with E-state index in [1.165, 1.54) is 35.4 Å². The van der Waals surface area contributed by atoms with E-state index >= 15 is 0 Å². The molecule has 0 bridgehead atoms. The van der Waals surface area contributed by atoms with Crippen LogP contribution in [0, 0.1) is 0 Å². The molecule has 1 aromatic carbocycles. The molecule has 118 valence electrons. The van der Waals surface area contributed by atoms with Crippen LogP contribution < -0.4 is 0 Å². The Morgan fingerprint density at radius 3 is 2.91 bits per heavy atom. The highest BCUT2D eigenvalue weighted by Crippen LogP contribution is 2.33. The van der Waals surface area contributed by atoms with E-state index in [4.69, 9.17) is 0 Å². The van der Waals surface area contributed by atoms with Gasteiger partial charge in [-0.15, -0.1) is 0 Å². The van der Waals surface area contributed by atoms with Crippen molar-refractivity contribution in [1.82, 2.24) is 25.1 Å². The molecule has 0 spiro atoms. The van der Waals surface area contributed by atoms with Crippen LogP contribution in [0.25, 0.3) is 11.1 Å². The number of imidazole rings is 1. The number of rotatable bonds is 4. The zero-order valence-corrected chi connectivity index (χ0v) is 13.1. The van der Waals surface area contributed by atoms with E-state index in [0.717, 1.165) is 19.6 Å². The molecule has 5 nitrogen and oxygen atoms in total. The summed E-state index contributed by atoms with van der Waals surface area (Å²) < 4.78 is 0. The zero-order chi connectivity index (χ0) is 15.5. The molecule has 0 saturated carbocycles. The summed E-state index contributed by atoms with van der Waals surface area (Å²) in [4.78, 5) is 9.81. The lowest BCUT2D eigenvalue weighted by atomic mass is 9.90. The number of hydrogen-bond acceptors (Lipinski definition) is 3. The summed E-state index contributed by atoms with van der Waals surface area (Å²) in [6, 6.07) is 10.5. The molecule has 1 atom stereocenters. The quantitative estimate of drug-likeness (QED) is 0.778. The van der Waals surface area contributed by atoms with Crippen molar-refractivity contribution in [3.63, 3.8) is 0 Å². The van der Waals surface area contributed by atoms with Gasteiger partial charge in [-0.1, -0.05) is 30.3 Å². The molecule has 1 aliphatic rings. The molecule has 0 aliphatic carbocycles. The van der Waals surface area contributed by atoms with Gasteiger partial charge in [-0.2, -0.15) is 5.10 Å². The van der Waals surface area contributed by atoms with Gasteiger partial charge in [0.15, 0.2) is 0 Å². The van der Waals surface area contributed by atoms with Gasteiger partial charge in [0.2, 0.25) is 0 Å². The van der Waals surface area contributed by atoms with Crippen LogP contribution in [0.1, 0.15) is 30.1 Å². The summed E-state index contributed by atoms with van der Waals surface area (Å²) in [6.07, 6.45) is 8.04. The second-order valence-corrected chi connectivity index (χ2v) is 6.21. The predicted octanol–water partition coefficient (Wildman–Crippen LogP) is 3.18. The maximum Gasteiger partial charge on any atom is 0.0922 e. The molecule has 5 heteroatoms. The first-order valence-corrected chi connectivity index (χ1v) is 8.18. The SMILES string of the molecule is c1ccc(-c2cn[nH]c2[C@H]2CCCN(Cc3cnc[nH]3)C2)cc1. The highest BCUT2D eigenvalue weighted by atomic mass is 15.2. The molecule has 23 heavy (non-hydrogen) atoms. The zero-order valence-electron chi connectivity index (χ0n) is 13.1. The van der Waals surface area contributed by atoms with Gasteiger partial charge in [0.05, 0.1) is 12.5 Å². The molecule has 3 aromatic rings. The molecule has 1 aliphatic heterocycles. The molecule has 2 aromatic heterocycles. The summed E-state index contributed by atoms with van der Waals surface area (Å²) in [5.41, 5.74) is 4.92. The molecule has 3 heterocycles. The highest BCUT2D eigenvalue weighted by molar-refractivity contribution is 5.65. The highest BCUT2D eigenvalue weighted by Gasteiger charge is 2.25. The number of nitrogens with one attached hydrogen (secondary N) is 2. The van der Waals surface area contributed by atoms with Crippen LogP contribution in [0.5, 0.6) is 0 Å². The lowest BCUT2D eigenvalue weighted by Gasteiger charge is -2.32. The number of H-pyrrole nitrogens is 2. The monoisotopic (exact) mass is 307 g/mol. The fourth-order valence-corrected chi connectivity index (χ4v) is 3.50. The summed E-state index contributed by atoms with van der Waals surface area (Å²) in [6.45, 7) is 3.14. The van der Waals surface area contributed by atoms with Gasteiger partial charge < -0.3 is 4.98 Å². The Morgan fingerprint density at radius 1 is 1.17 bits per heavy atom. The van der Waals surface area contributed by atoms with Gasteiger partial charge in [-0.05, 0) is 24.9 Å². The van der Waals surface area contributed by atoms with E-state index in [0.29, 0.717) is 5.92 Å². The van der Waals surface area contributed by atoms with Crippen LogP contribution >= 0.6 is 0 Å². The van der Waals surface area contributed by atoms with Gasteiger partial charge in [0.25, 0.3) is 0 Å². The van der Waals surface area contributed by atoms with E-state index in [1.54, 1.807) is 6.33 Å². The Morgan fingerprint density at radius 2 is 2.09 bits per heavy atom. The van der Waals surface area contributed by atoms with Crippen molar-refractivity contribution in [2.45, 2.75) is 25.3 Å². The van der Waals surface area contributed by atoms with Gasteiger partial charge >= 0.3 is 0 Å². The Balaban J connectivity index is 1.53. The first-order valence-electron chi connectivity index (χ1n) is 8.18. The van der Waals surface area contributed by atoms with Crippen molar-refractivity contribution in [2.75, 3.05) is 13.1 Å². The van der Waals surface area contributed by atoms with Crippen LogP contribution in [0.2, 0.25) is 0 Å². The minimum absolute atomic E-state index is 0.504. The average molecular weight is 307 g/mol. The smallest absolute Gasteiger partial charge is 0.0922 e. The topological polar surface area (TPSA) is 60.6 Å². The number of likely N-dealkylation sites (tertiary alicyclic amines) is 1. The van der Waals surface area contributed by atoms with Crippen molar-refractivity contribution in [1.29, 1.82) is 0 Å². The molecule has 1 fully saturated rings. The van der Waals surface area contributed by atoms with E-state index in [1.807, 2.05) is 12.4 Å². The molecule has 1 saturated heterocycles. The van der Waals surface area contributed by atoms with Crippen molar-refractivity contribution < 1.29 is 0 Å². The van der Waals surface area contributed by atoms with E-state index < -0.39 is 0 Å². The largest absolute Gasteiger partial charge is 0.347 e. The average Bonchev–Trinajstić information content (AvgIpc) is 3.27. The molecule has 0 amide bonds. The minimum atomic E-state index is 0.504. The predicted molar refractivity (Wildman–Crippen MR) is 89.9 cm³/mol. The molecule has 2 N–H and O–H groups in total. The standard InChI is InChI=1S/C18H21N5/c1-2-5-14(6-3-1)17-10-21-22-18(17)15-7-4-8-23(11-15)12-16-9-19-13-20-16/h1-3,5-6,9-10,13,15H,4,7-8,11-12H2,(H,19,20)(H,21,22)/t15-/m0/s1. The van der Waals surface area contributed by atoms with Gasteiger partial charge in [-0.25, -0.2) is 4.98 Å². The lowest BCUT2D eigenvalue weighted by molar-refractivity contribution is 0.197. The van der Waals surface area contributed by atoms with Crippen LogP contribution in [0.3, 0.4) is 0 Å². The second kappa shape index (κ2) is 6.38. The van der Waals surface area contributed by atoms with Crippen LogP contribution in [0.4, 0.5) is 0 Å².